The quantitative estimate of drug-likeness (QED) is 0.743. The third-order valence-electron chi connectivity index (χ3n) is 6.58. The summed E-state index contributed by atoms with van der Waals surface area (Å²) >= 11 is 0. The fourth-order valence-electron chi connectivity index (χ4n) is 4.54. The predicted molar refractivity (Wildman–Crippen MR) is 120 cm³/mol. The second-order valence-electron chi connectivity index (χ2n) is 9.49. The van der Waals surface area contributed by atoms with Crippen LogP contribution in [0.5, 0.6) is 0 Å². The van der Waals surface area contributed by atoms with Crippen LogP contribution in [-0.4, -0.2) is 76.5 Å². The van der Waals surface area contributed by atoms with Crippen LogP contribution < -0.4 is 4.90 Å². The molecule has 1 aromatic rings. The molecule has 8 nitrogen and oxygen atoms in total. The Balaban J connectivity index is 1.74. The molecule has 0 spiro atoms. The van der Waals surface area contributed by atoms with Crippen molar-refractivity contribution in [2.75, 3.05) is 39.1 Å². The molecule has 2 fully saturated rings. The summed E-state index contributed by atoms with van der Waals surface area (Å²) in [6.07, 6.45) is 6.61. The van der Waals surface area contributed by atoms with E-state index in [-0.39, 0.29) is 24.2 Å². The van der Waals surface area contributed by atoms with Gasteiger partial charge in [-0.05, 0) is 25.7 Å². The Kier molecular flexibility index (Phi) is 7.51. The van der Waals surface area contributed by atoms with Gasteiger partial charge in [0.1, 0.15) is 11.6 Å². The first-order chi connectivity index (χ1) is 14.7. The molecule has 0 radical (unpaired) electrons. The van der Waals surface area contributed by atoms with Crippen molar-refractivity contribution < 1.29 is 14.7 Å². The van der Waals surface area contributed by atoms with Gasteiger partial charge in [-0.2, -0.15) is 0 Å². The fourth-order valence-corrected chi connectivity index (χ4v) is 4.54. The number of carbonyl (C=O) groups is 2. The lowest BCUT2D eigenvalue weighted by molar-refractivity contribution is -0.139. The first kappa shape index (κ1) is 23.4. The van der Waals surface area contributed by atoms with Gasteiger partial charge < -0.3 is 19.8 Å². The van der Waals surface area contributed by atoms with Crippen LogP contribution in [0.15, 0.2) is 6.07 Å². The Labute approximate surface area is 185 Å². The van der Waals surface area contributed by atoms with Gasteiger partial charge in [0.05, 0.1) is 24.3 Å². The molecule has 1 aliphatic heterocycles. The van der Waals surface area contributed by atoms with Gasteiger partial charge in [-0.1, -0.05) is 19.3 Å². The van der Waals surface area contributed by atoms with Crippen molar-refractivity contribution in [2.45, 2.75) is 76.4 Å². The van der Waals surface area contributed by atoms with Gasteiger partial charge >= 0.3 is 0 Å². The largest absolute Gasteiger partial charge is 0.389 e. The molecular formula is C23H37N5O3. The summed E-state index contributed by atoms with van der Waals surface area (Å²) in [5.41, 5.74) is -0.0417. The third kappa shape index (κ3) is 6.15. The van der Waals surface area contributed by atoms with Crippen LogP contribution in [0.25, 0.3) is 0 Å². The molecule has 1 saturated carbocycles. The first-order valence-electron chi connectivity index (χ1n) is 11.4. The highest BCUT2D eigenvalue weighted by Gasteiger charge is 2.35. The third-order valence-corrected chi connectivity index (χ3v) is 6.58. The minimum absolute atomic E-state index is 0.0124. The van der Waals surface area contributed by atoms with Crippen molar-refractivity contribution in [3.05, 3.63) is 17.6 Å². The molecule has 172 valence electrons. The van der Waals surface area contributed by atoms with E-state index in [0.29, 0.717) is 13.1 Å². The van der Waals surface area contributed by atoms with E-state index in [9.17, 15) is 14.7 Å². The highest BCUT2D eigenvalue weighted by molar-refractivity contribution is 5.77. The van der Waals surface area contributed by atoms with E-state index in [0.717, 1.165) is 68.8 Å². The molecule has 2 aliphatic rings. The minimum atomic E-state index is -0.839. The zero-order valence-corrected chi connectivity index (χ0v) is 19.4. The van der Waals surface area contributed by atoms with Crippen molar-refractivity contribution in [1.82, 2.24) is 19.8 Å². The van der Waals surface area contributed by atoms with Crippen LogP contribution in [-0.2, 0) is 16.1 Å². The standard InChI is InChI=1S/C23H37N5O3/c1-17(29)27(4)16-19-13-20(26(2)3)25-22(24-19)18-9-8-12-28(15-18)21(30)14-23(31)10-6-5-7-11-23/h13,18,31H,5-12,14-16H2,1-4H3/t18-/m1/s1. The topological polar surface area (TPSA) is 89.9 Å². The van der Waals surface area contributed by atoms with E-state index in [1.54, 1.807) is 18.9 Å². The van der Waals surface area contributed by atoms with Gasteiger partial charge in [0, 0.05) is 53.1 Å². The number of piperidine rings is 1. The van der Waals surface area contributed by atoms with Gasteiger partial charge in [0.25, 0.3) is 0 Å². The lowest BCUT2D eigenvalue weighted by Gasteiger charge is -2.37. The molecule has 1 saturated heterocycles. The van der Waals surface area contributed by atoms with E-state index in [1.165, 1.54) is 0 Å². The molecule has 2 amide bonds. The fraction of sp³-hybridized carbons (Fsp3) is 0.739. The lowest BCUT2D eigenvalue weighted by atomic mass is 9.82. The Morgan fingerprint density at radius 2 is 1.87 bits per heavy atom. The maximum Gasteiger partial charge on any atom is 0.225 e. The number of rotatable bonds is 6. The SMILES string of the molecule is CC(=O)N(C)Cc1cc(N(C)C)nc([C@@H]2CCCN(C(=O)CC3(O)CCCCC3)C2)n1. The van der Waals surface area contributed by atoms with Gasteiger partial charge in [-0.25, -0.2) is 9.97 Å². The molecule has 1 N–H and O–H groups in total. The van der Waals surface area contributed by atoms with E-state index in [4.69, 9.17) is 9.97 Å². The number of aliphatic hydroxyl groups is 1. The van der Waals surface area contributed by atoms with Crippen molar-refractivity contribution >= 4 is 17.6 Å². The molecule has 0 aromatic carbocycles. The Hall–Kier alpha value is -2.22. The van der Waals surface area contributed by atoms with E-state index in [1.807, 2.05) is 30.0 Å². The van der Waals surface area contributed by atoms with Gasteiger partial charge in [0.15, 0.2) is 0 Å². The van der Waals surface area contributed by atoms with Crippen LogP contribution in [0.1, 0.15) is 75.7 Å². The van der Waals surface area contributed by atoms with Gasteiger partial charge in [0.2, 0.25) is 11.8 Å². The smallest absolute Gasteiger partial charge is 0.225 e. The van der Waals surface area contributed by atoms with E-state index in [2.05, 4.69) is 0 Å². The van der Waals surface area contributed by atoms with Crippen LogP contribution in [0.3, 0.4) is 0 Å². The number of anilines is 1. The molecule has 1 aliphatic carbocycles. The molecule has 31 heavy (non-hydrogen) atoms. The number of nitrogens with zero attached hydrogens (tertiary/aromatic N) is 5. The second-order valence-corrected chi connectivity index (χ2v) is 9.49. The minimum Gasteiger partial charge on any atom is -0.389 e. The molecular weight excluding hydrogens is 394 g/mol. The monoisotopic (exact) mass is 431 g/mol. The van der Waals surface area contributed by atoms with Crippen LogP contribution in [0.2, 0.25) is 0 Å². The summed E-state index contributed by atoms with van der Waals surface area (Å²) in [4.78, 5) is 39.6. The molecule has 8 heteroatoms. The Bertz CT molecular complexity index is 791. The predicted octanol–water partition coefficient (Wildman–Crippen LogP) is 2.31. The summed E-state index contributed by atoms with van der Waals surface area (Å²) in [6.45, 7) is 3.26. The maximum atomic E-state index is 13.0. The highest BCUT2D eigenvalue weighted by atomic mass is 16.3. The molecule has 2 heterocycles. The van der Waals surface area contributed by atoms with E-state index < -0.39 is 5.60 Å². The molecule has 3 rings (SSSR count). The average Bonchev–Trinajstić information content (AvgIpc) is 2.73. The van der Waals surface area contributed by atoms with Crippen LogP contribution in [0.4, 0.5) is 5.82 Å². The van der Waals surface area contributed by atoms with Gasteiger partial charge in [-0.15, -0.1) is 0 Å². The van der Waals surface area contributed by atoms with Crippen molar-refractivity contribution in [3.8, 4) is 0 Å². The molecule has 1 atom stereocenters. The highest BCUT2D eigenvalue weighted by Crippen LogP contribution is 2.33. The number of carbonyl (C=O) groups excluding carboxylic acids is 2. The lowest BCUT2D eigenvalue weighted by Crippen LogP contribution is -2.44. The molecule has 0 bridgehead atoms. The zero-order valence-electron chi connectivity index (χ0n) is 19.4. The van der Waals surface area contributed by atoms with Crippen LogP contribution >= 0.6 is 0 Å². The summed E-state index contributed by atoms with van der Waals surface area (Å²) in [7, 11) is 5.63. The Morgan fingerprint density at radius 3 is 2.52 bits per heavy atom. The average molecular weight is 432 g/mol. The molecule has 1 aromatic heterocycles. The Morgan fingerprint density at radius 1 is 1.16 bits per heavy atom. The number of amides is 2. The van der Waals surface area contributed by atoms with Gasteiger partial charge in [-0.3, -0.25) is 9.59 Å². The summed E-state index contributed by atoms with van der Waals surface area (Å²) in [6, 6.07) is 1.91. The normalized spacial score (nSPS) is 20.9. The maximum absolute atomic E-state index is 13.0. The summed E-state index contributed by atoms with van der Waals surface area (Å²) < 4.78 is 0. The summed E-state index contributed by atoms with van der Waals surface area (Å²) in [5, 5.41) is 10.8. The van der Waals surface area contributed by atoms with Crippen molar-refractivity contribution in [1.29, 1.82) is 0 Å². The first-order valence-corrected chi connectivity index (χ1v) is 11.4. The number of hydrogen-bond acceptors (Lipinski definition) is 6. The number of hydrogen-bond donors (Lipinski definition) is 1. The van der Waals surface area contributed by atoms with E-state index >= 15 is 0 Å². The zero-order chi connectivity index (χ0) is 22.6. The van der Waals surface area contributed by atoms with Crippen molar-refractivity contribution in [3.63, 3.8) is 0 Å². The second kappa shape index (κ2) is 9.94. The summed E-state index contributed by atoms with van der Waals surface area (Å²) in [5.74, 6) is 1.61. The molecule has 0 unspecified atom stereocenters. The number of aromatic nitrogens is 2. The number of likely N-dealkylation sites (tertiary alicyclic amines) is 1. The van der Waals surface area contributed by atoms with Crippen LogP contribution in [0, 0.1) is 0 Å². The van der Waals surface area contributed by atoms with Crippen molar-refractivity contribution in [2.24, 2.45) is 0 Å².